The molecular weight excluding hydrogens is 444 g/mol. The number of carbonyl (C=O) groups is 2. The molecular formula is C27H20N4O2S. The lowest BCUT2D eigenvalue weighted by Gasteiger charge is -2.25. The third kappa shape index (κ3) is 3.54. The first-order chi connectivity index (χ1) is 16.7. The van der Waals surface area contributed by atoms with Gasteiger partial charge in [0.15, 0.2) is 11.0 Å². The lowest BCUT2D eigenvalue weighted by atomic mass is 10.1. The zero-order valence-electron chi connectivity index (χ0n) is 18.1. The molecule has 166 valence electrons. The number of nitrogens with zero attached hydrogens (tertiary/aromatic N) is 3. The highest BCUT2D eigenvalue weighted by Crippen LogP contribution is 2.34. The van der Waals surface area contributed by atoms with E-state index in [0.717, 1.165) is 27.7 Å². The monoisotopic (exact) mass is 464 g/mol. The molecule has 0 spiro atoms. The van der Waals surface area contributed by atoms with Gasteiger partial charge in [0.25, 0.3) is 5.91 Å². The number of carbonyl (C=O) groups excluding carboxylic acids is 2. The van der Waals surface area contributed by atoms with Crippen LogP contribution < -0.4 is 0 Å². The molecule has 4 aromatic rings. The van der Waals surface area contributed by atoms with E-state index in [2.05, 4.69) is 4.98 Å². The quantitative estimate of drug-likeness (QED) is 0.423. The molecule has 0 saturated heterocycles. The number of nitrogens with one attached hydrogen (secondary N) is 1. The highest BCUT2D eigenvalue weighted by molar-refractivity contribution is 8.14. The van der Waals surface area contributed by atoms with Crippen molar-refractivity contribution in [1.82, 2.24) is 9.88 Å². The van der Waals surface area contributed by atoms with Crippen LogP contribution in [0.15, 0.2) is 95.0 Å². The molecule has 0 aliphatic carbocycles. The molecule has 0 radical (unpaired) electrons. The van der Waals surface area contributed by atoms with Crippen molar-refractivity contribution >= 4 is 51.0 Å². The largest absolute Gasteiger partial charge is 0.361 e. The summed E-state index contributed by atoms with van der Waals surface area (Å²) in [4.78, 5) is 40.7. The zero-order chi connectivity index (χ0) is 23.1. The number of H-pyrrole nitrogens is 1. The van der Waals surface area contributed by atoms with Gasteiger partial charge in [-0.25, -0.2) is 9.89 Å². The van der Waals surface area contributed by atoms with E-state index >= 15 is 0 Å². The predicted molar refractivity (Wildman–Crippen MR) is 136 cm³/mol. The summed E-state index contributed by atoms with van der Waals surface area (Å²) >= 11 is 1.28. The van der Waals surface area contributed by atoms with E-state index in [1.54, 1.807) is 17.0 Å². The summed E-state index contributed by atoms with van der Waals surface area (Å²) in [5.74, 6) is 0.672. The molecule has 1 atom stereocenters. The number of ketones is 1. The molecule has 0 fully saturated rings. The second-order valence-electron chi connectivity index (χ2n) is 8.20. The summed E-state index contributed by atoms with van der Waals surface area (Å²) in [7, 11) is 0. The van der Waals surface area contributed by atoms with E-state index in [9.17, 15) is 9.59 Å². The average molecular weight is 465 g/mol. The number of hydrogen-bond acceptors (Lipinski definition) is 5. The van der Waals surface area contributed by atoms with Crippen molar-refractivity contribution in [2.75, 3.05) is 5.75 Å². The lowest BCUT2D eigenvalue weighted by Crippen LogP contribution is -2.41. The van der Waals surface area contributed by atoms with Gasteiger partial charge in [0.1, 0.15) is 11.9 Å². The van der Waals surface area contributed by atoms with Crippen LogP contribution >= 0.6 is 11.8 Å². The van der Waals surface area contributed by atoms with Gasteiger partial charge in [0.05, 0.1) is 11.4 Å². The Bertz CT molecular complexity index is 1490. The second-order valence-corrected chi connectivity index (χ2v) is 9.14. The maximum Gasteiger partial charge on any atom is 0.259 e. The Labute approximate surface area is 200 Å². The smallest absolute Gasteiger partial charge is 0.259 e. The van der Waals surface area contributed by atoms with Gasteiger partial charge in [0.2, 0.25) is 0 Å². The van der Waals surface area contributed by atoms with Crippen LogP contribution in [0.4, 0.5) is 5.69 Å². The van der Waals surface area contributed by atoms with Gasteiger partial charge >= 0.3 is 0 Å². The van der Waals surface area contributed by atoms with E-state index < -0.39 is 6.04 Å². The first kappa shape index (κ1) is 20.6. The fraction of sp³-hybridized carbons (Fsp3) is 0.111. The number of para-hydroxylation sites is 2. The SMILES string of the molecule is O=C(CSC1=Nc2ccccc2C2=N[C@H](Cc3c[nH]c4ccccc34)C(=O)N12)c1ccccc1. The summed E-state index contributed by atoms with van der Waals surface area (Å²) in [5.41, 5.74) is 4.32. The molecule has 6 rings (SSSR count). The highest BCUT2D eigenvalue weighted by atomic mass is 32.2. The van der Waals surface area contributed by atoms with E-state index in [1.807, 2.05) is 72.9 Å². The van der Waals surface area contributed by atoms with Gasteiger partial charge in [-0.3, -0.25) is 14.6 Å². The van der Waals surface area contributed by atoms with Crippen molar-refractivity contribution in [3.8, 4) is 0 Å². The van der Waals surface area contributed by atoms with Crippen molar-refractivity contribution in [1.29, 1.82) is 0 Å². The maximum absolute atomic E-state index is 13.6. The Kier molecular flexibility index (Phi) is 5.11. The number of thioether (sulfide) groups is 1. The first-order valence-corrected chi connectivity index (χ1v) is 12.0. The molecule has 1 aromatic heterocycles. The predicted octanol–water partition coefficient (Wildman–Crippen LogP) is 4.99. The molecule has 1 amide bonds. The number of amidine groups is 2. The van der Waals surface area contributed by atoms with Gasteiger partial charge < -0.3 is 4.98 Å². The van der Waals surface area contributed by atoms with Crippen molar-refractivity contribution in [3.05, 3.63) is 102 Å². The maximum atomic E-state index is 13.6. The fourth-order valence-corrected chi connectivity index (χ4v) is 5.27. The Morgan fingerprint density at radius 1 is 0.971 bits per heavy atom. The zero-order valence-corrected chi connectivity index (χ0v) is 19.0. The van der Waals surface area contributed by atoms with Gasteiger partial charge in [-0.1, -0.05) is 72.4 Å². The van der Waals surface area contributed by atoms with E-state index in [4.69, 9.17) is 9.98 Å². The number of rotatable bonds is 5. The van der Waals surface area contributed by atoms with Gasteiger partial charge in [0, 0.05) is 34.6 Å². The molecule has 0 saturated carbocycles. The summed E-state index contributed by atoms with van der Waals surface area (Å²) in [6, 6.07) is 24.3. The van der Waals surface area contributed by atoms with Gasteiger partial charge in [-0.15, -0.1) is 0 Å². The van der Waals surface area contributed by atoms with Crippen molar-refractivity contribution in [2.24, 2.45) is 9.98 Å². The Hall–Kier alpha value is -3.97. The third-order valence-electron chi connectivity index (χ3n) is 6.06. The van der Waals surface area contributed by atoms with Crippen LogP contribution in [0.25, 0.3) is 10.9 Å². The van der Waals surface area contributed by atoms with Crippen LogP contribution in [-0.2, 0) is 11.2 Å². The van der Waals surface area contributed by atoms with Crippen LogP contribution in [0, 0.1) is 0 Å². The molecule has 6 nitrogen and oxygen atoms in total. The Morgan fingerprint density at radius 2 is 1.74 bits per heavy atom. The van der Waals surface area contributed by atoms with E-state index in [-0.39, 0.29) is 17.4 Å². The number of Topliss-reactive ketones (excluding diaryl/α,β-unsaturated/α-hetero) is 1. The number of fused-ring (bicyclic) bond motifs is 4. The fourth-order valence-electron chi connectivity index (χ4n) is 4.38. The van der Waals surface area contributed by atoms with Gasteiger partial charge in [-0.05, 0) is 23.8 Å². The molecule has 2 aliphatic heterocycles. The van der Waals surface area contributed by atoms with Crippen LogP contribution in [0.3, 0.4) is 0 Å². The van der Waals surface area contributed by atoms with Crippen LogP contribution in [0.5, 0.6) is 0 Å². The summed E-state index contributed by atoms with van der Waals surface area (Å²) in [5, 5.41) is 1.59. The van der Waals surface area contributed by atoms with Crippen LogP contribution in [-0.4, -0.2) is 44.4 Å². The summed E-state index contributed by atoms with van der Waals surface area (Å²) in [6.07, 6.45) is 2.44. The number of aliphatic imine (C=N–C) groups is 2. The van der Waals surface area contributed by atoms with Crippen molar-refractivity contribution in [3.63, 3.8) is 0 Å². The number of hydrogen-bond donors (Lipinski definition) is 1. The minimum absolute atomic E-state index is 0.00682. The summed E-state index contributed by atoms with van der Waals surface area (Å²) < 4.78 is 0. The standard InChI is InChI=1S/C27H20N4O2S/c32-24(17-8-2-1-3-9-17)16-34-27-30-22-13-7-5-11-20(22)25-29-23(26(33)31(25)27)14-18-15-28-21-12-6-4-10-19(18)21/h1-13,15,23,28H,14,16H2/t23-/m1/s1. The van der Waals surface area contributed by atoms with Crippen LogP contribution in [0.1, 0.15) is 21.5 Å². The molecule has 3 aromatic carbocycles. The van der Waals surface area contributed by atoms with Crippen molar-refractivity contribution < 1.29 is 9.59 Å². The lowest BCUT2D eigenvalue weighted by molar-refractivity contribution is -0.124. The second kappa shape index (κ2) is 8.43. The molecule has 2 aliphatic rings. The molecule has 34 heavy (non-hydrogen) atoms. The molecule has 3 heterocycles. The number of amides is 1. The molecule has 1 N–H and O–H groups in total. The van der Waals surface area contributed by atoms with Crippen LogP contribution in [0.2, 0.25) is 0 Å². The first-order valence-electron chi connectivity index (χ1n) is 11.0. The Morgan fingerprint density at radius 3 is 2.62 bits per heavy atom. The average Bonchev–Trinajstić information content (AvgIpc) is 3.44. The third-order valence-corrected chi connectivity index (χ3v) is 7.00. The highest BCUT2D eigenvalue weighted by Gasteiger charge is 2.41. The number of aromatic nitrogens is 1. The Balaban J connectivity index is 1.31. The minimum Gasteiger partial charge on any atom is -0.361 e. The van der Waals surface area contributed by atoms with E-state index in [0.29, 0.717) is 23.0 Å². The topological polar surface area (TPSA) is 77.9 Å². The van der Waals surface area contributed by atoms with E-state index in [1.165, 1.54) is 11.8 Å². The minimum atomic E-state index is -0.545. The molecule has 0 unspecified atom stereocenters. The molecule has 0 bridgehead atoms. The normalized spacial score (nSPS) is 16.8. The summed E-state index contributed by atoms with van der Waals surface area (Å²) in [6.45, 7) is 0. The number of benzene rings is 3. The molecule has 7 heteroatoms. The number of aromatic amines is 1. The van der Waals surface area contributed by atoms with Gasteiger partial charge in [-0.2, -0.15) is 0 Å². The van der Waals surface area contributed by atoms with Crippen molar-refractivity contribution in [2.45, 2.75) is 12.5 Å².